The molecule has 0 unspecified atom stereocenters. The molecule has 0 spiro atoms. The summed E-state index contributed by atoms with van der Waals surface area (Å²) in [4.78, 5) is 36.5. The lowest BCUT2D eigenvalue weighted by Crippen LogP contribution is -2.32. The molecule has 0 saturated heterocycles. The van der Waals surface area contributed by atoms with E-state index in [4.69, 9.17) is 9.47 Å². The van der Waals surface area contributed by atoms with E-state index >= 15 is 0 Å². The summed E-state index contributed by atoms with van der Waals surface area (Å²) in [5, 5.41) is 9.19. The summed E-state index contributed by atoms with van der Waals surface area (Å²) in [5.74, 6) is -1.30. The Morgan fingerprint density at radius 1 is 0.811 bits per heavy atom. The third-order valence-corrected chi connectivity index (χ3v) is 5.55. The molecule has 0 aliphatic rings. The summed E-state index contributed by atoms with van der Waals surface area (Å²) < 4.78 is 11.0. The van der Waals surface area contributed by atoms with Crippen LogP contribution in [0.5, 0.6) is 11.5 Å². The summed E-state index contributed by atoms with van der Waals surface area (Å²) in [6, 6.07) is 16.0. The molecule has 9 heteroatoms. The van der Waals surface area contributed by atoms with Crippen LogP contribution in [0.15, 0.2) is 59.7 Å². The molecular weight excluding hydrogens is 472 g/mol. The molecule has 0 bridgehead atoms. The summed E-state index contributed by atoms with van der Waals surface area (Å²) in [6.45, 7) is 7.58. The lowest BCUT2D eigenvalue weighted by molar-refractivity contribution is -0.136. The first-order valence-electron chi connectivity index (χ1n) is 11.6. The molecule has 0 aliphatic carbocycles. The lowest BCUT2D eigenvalue weighted by Gasteiger charge is -2.12. The monoisotopic (exact) mass is 502 g/mol. The maximum atomic E-state index is 12.3. The van der Waals surface area contributed by atoms with Crippen LogP contribution < -0.4 is 25.5 Å². The molecule has 0 aliphatic heterocycles. The summed E-state index contributed by atoms with van der Waals surface area (Å²) in [7, 11) is 1.47. The number of hydrazone groups is 1. The number of ether oxygens (including phenoxy) is 2. The normalized spacial score (nSPS) is 10.6. The Morgan fingerprint density at radius 3 is 2.30 bits per heavy atom. The maximum Gasteiger partial charge on any atom is 0.329 e. The first-order chi connectivity index (χ1) is 17.7. The van der Waals surface area contributed by atoms with E-state index < -0.39 is 11.8 Å². The zero-order valence-electron chi connectivity index (χ0n) is 21.5. The molecule has 3 rings (SSSR count). The fraction of sp³-hybridized carbons (Fsp3) is 0.214. The van der Waals surface area contributed by atoms with Crippen molar-refractivity contribution in [1.82, 2.24) is 5.43 Å². The number of carbonyl (C=O) groups is 3. The van der Waals surface area contributed by atoms with E-state index in [2.05, 4.69) is 21.2 Å². The number of nitrogens with zero attached hydrogens (tertiary/aromatic N) is 1. The highest BCUT2D eigenvalue weighted by molar-refractivity contribution is 6.39. The van der Waals surface area contributed by atoms with Gasteiger partial charge in [-0.1, -0.05) is 23.8 Å². The molecule has 0 fully saturated rings. The minimum atomic E-state index is -0.906. The first kappa shape index (κ1) is 26.9. The maximum absolute atomic E-state index is 12.3. The third kappa shape index (κ3) is 7.66. The molecule has 37 heavy (non-hydrogen) atoms. The second-order valence-corrected chi connectivity index (χ2v) is 8.52. The highest BCUT2D eigenvalue weighted by Crippen LogP contribution is 2.27. The van der Waals surface area contributed by atoms with Crippen LogP contribution in [0.1, 0.15) is 27.8 Å². The van der Waals surface area contributed by atoms with Crippen LogP contribution in [0, 0.1) is 27.7 Å². The highest BCUT2D eigenvalue weighted by Gasteiger charge is 2.13. The van der Waals surface area contributed by atoms with Gasteiger partial charge in [-0.25, -0.2) is 5.43 Å². The molecule has 0 heterocycles. The number of benzene rings is 3. The lowest BCUT2D eigenvalue weighted by atomic mass is 10.1. The molecule has 3 aromatic rings. The zero-order valence-corrected chi connectivity index (χ0v) is 21.5. The molecule has 192 valence electrons. The topological polar surface area (TPSA) is 118 Å². The quantitative estimate of drug-likeness (QED) is 0.244. The van der Waals surface area contributed by atoms with Crippen LogP contribution in [0.25, 0.3) is 0 Å². The van der Waals surface area contributed by atoms with Crippen LogP contribution in [0.2, 0.25) is 0 Å². The van der Waals surface area contributed by atoms with Gasteiger partial charge in [0.15, 0.2) is 18.1 Å². The molecule has 3 aromatic carbocycles. The van der Waals surface area contributed by atoms with Crippen LogP contribution >= 0.6 is 0 Å². The van der Waals surface area contributed by atoms with Crippen molar-refractivity contribution in [1.29, 1.82) is 0 Å². The van der Waals surface area contributed by atoms with Gasteiger partial charge in [-0.15, -0.1) is 0 Å². The van der Waals surface area contributed by atoms with Gasteiger partial charge in [-0.3, -0.25) is 14.4 Å². The molecular formula is C28H30N4O5. The third-order valence-electron chi connectivity index (χ3n) is 5.55. The molecule has 3 N–H and O–H groups in total. The van der Waals surface area contributed by atoms with E-state index in [-0.39, 0.29) is 12.5 Å². The van der Waals surface area contributed by atoms with E-state index in [1.807, 2.05) is 52.0 Å². The van der Waals surface area contributed by atoms with E-state index in [0.29, 0.717) is 22.7 Å². The van der Waals surface area contributed by atoms with Gasteiger partial charge in [-0.2, -0.15) is 5.10 Å². The molecule has 0 atom stereocenters. The molecule has 0 aromatic heterocycles. The SMILES string of the molecule is COc1cc(/C=N\NC(=O)C(=O)Nc2ccc(C)c(C)c2)ccc1OCC(=O)Nc1ccc(C)cc1C. The average Bonchev–Trinajstić information content (AvgIpc) is 2.86. The predicted octanol–water partition coefficient (Wildman–Crippen LogP) is 4.04. The zero-order chi connectivity index (χ0) is 26.9. The van der Waals surface area contributed by atoms with Crippen molar-refractivity contribution in [3.63, 3.8) is 0 Å². The fourth-order valence-electron chi connectivity index (χ4n) is 3.39. The second-order valence-electron chi connectivity index (χ2n) is 8.52. The Bertz CT molecular complexity index is 1350. The fourth-order valence-corrected chi connectivity index (χ4v) is 3.39. The van der Waals surface area contributed by atoms with Crippen molar-refractivity contribution in [2.24, 2.45) is 5.10 Å². The van der Waals surface area contributed by atoms with Gasteiger partial charge >= 0.3 is 11.8 Å². The van der Waals surface area contributed by atoms with Crippen molar-refractivity contribution in [3.8, 4) is 11.5 Å². The van der Waals surface area contributed by atoms with Crippen molar-refractivity contribution in [3.05, 3.63) is 82.4 Å². The van der Waals surface area contributed by atoms with E-state index in [0.717, 1.165) is 27.9 Å². The van der Waals surface area contributed by atoms with Gasteiger partial charge in [0, 0.05) is 11.4 Å². The molecule has 0 saturated carbocycles. The van der Waals surface area contributed by atoms with Crippen molar-refractivity contribution < 1.29 is 23.9 Å². The van der Waals surface area contributed by atoms with E-state index in [9.17, 15) is 14.4 Å². The number of hydrogen-bond acceptors (Lipinski definition) is 6. The summed E-state index contributed by atoms with van der Waals surface area (Å²) in [5.41, 5.74) is 8.18. The molecule has 0 radical (unpaired) electrons. The number of amides is 3. The van der Waals surface area contributed by atoms with Gasteiger partial charge in [0.1, 0.15) is 0 Å². The Morgan fingerprint density at radius 2 is 1.59 bits per heavy atom. The summed E-state index contributed by atoms with van der Waals surface area (Å²) >= 11 is 0. The number of anilines is 2. The van der Waals surface area contributed by atoms with Gasteiger partial charge < -0.3 is 20.1 Å². The minimum Gasteiger partial charge on any atom is -0.493 e. The van der Waals surface area contributed by atoms with E-state index in [1.165, 1.54) is 13.3 Å². The van der Waals surface area contributed by atoms with Crippen molar-refractivity contribution in [2.75, 3.05) is 24.4 Å². The predicted molar refractivity (Wildman–Crippen MR) is 143 cm³/mol. The Hall–Kier alpha value is -4.66. The second kappa shape index (κ2) is 12.3. The first-order valence-corrected chi connectivity index (χ1v) is 11.6. The summed E-state index contributed by atoms with van der Waals surface area (Å²) in [6.07, 6.45) is 1.36. The van der Waals surface area contributed by atoms with E-state index in [1.54, 1.807) is 30.3 Å². The molecule has 9 nitrogen and oxygen atoms in total. The Kier molecular flexibility index (Phi) is 8.99. The number of methoxy groups -OCH3 is 1. The van der Waals surface area contributed by atoms with Gasteiger partial charge in [-0.05, 0) is 86.3 Å². The number of aryl methyl sites for hydroxylation is 4. The minimum absolute atomic E-state index is 0.206. The van der Waals surface area contributed by atoms with Crippen molar-refractivity contribution >= 4 is 35.3 Å². The number of nitrogens with one attached hydrogen (secondary N) is 3. The van der Waals surface area contributed by atoms with Gasteiger partial charge in [0.05, 0.1) is 13.3 Å². The number of rotatable bonds is 8. The van der Waals surface area contributed by atoms with Crippen LogP contribution in [0.4, 0.5) is 11.4 Å². The number of hydrogen-bond donors (Lipinski definition) is 3. The Labute approximate surface area is 215 Å². The van der Waals surface area contributed by atoms with Crippen LogP contribution in [-0.2, 0) is 14.4 Å². The molecule has 3 amide bonds. The Balaban J connectivity index is 1.53. The van der Waals surface area contributed by atoms with Crippen LogP contribution in [0.3, 0.4) is 0 Å². The smallest absolute Gasteiger partial charge is 0.329 e. The van der Waals surface area contributed by atoms with Gasteiger partial charge in [0.25, 0.3) is 5.91 Å². The average molecular weight is 503 g/mol. The standard InChI is InChI=1S/C28H30N4O5/c1-17-6-10-23(20(4)12-17)31-26(33)16-37-24-11-8-21(14-25(24)36-5)15-29-32-28(35)27(34)30-22-9-7-18(2)19(3)13-22/h6-15H,16H2,1-5H3,(H,30,34)(H,31,33)(H,32,35)/b29-15-. The van der Waals surface area contributed by atoms with Gasteiger partial charge in [0.2, 0.25) is 0 Å². The van der Waals surface area contributed by atoms with Crippen LogP contribution in [-0.4, -0.2) is 37.7 Å². The largest absolute Gasteiger partial charge is 0.493 e. The number of carbonyl (C=O) groups excluding carboxylic acids is 3. The highest BCUT2D eigenvalue weighted by atomic mass is 16.5. The van der Waals surface area contributed by atoms with Crippen molar-refractivity contribution in [2.45, 2.75) is 27.7 Å².